The molecule has 2 rings (SSSR count). The lowest BCUT2D eigenvalue weighted by molar-refractivity contribution is 0.00578. The third kappa shape index (κ3) is 2.19. The fraction of sp³-hybridized carbons (Fsp3) is 0.500. The normalized spacial score (nSPS) is 20.1. The predicted octanol–water partition coefficient (Wildman–Crippen LogP) is 1.57. The number of aromatic carboxylic acids is 1. The number of carbonyl (C=O) groups is 1. The summed E-state index contributed by atoms with van der Waals surface area (Å²) in [4.78, 5) is 11.2. The Bertz CT molecular complexity index is 553. The summed E-state index contributed by atoms with van der Waals surface area (Å²) in [6.45, 7) is 9.64. The van der Waals surface area contributed by atoms with Crippen molar-refractivity contribution in [3.63, 3.8) is 0 Å². The van der Waals surface area contributed by atoms with Crippen LogP contribution < -0.4 is 11.2 Å². The van der Waals surface area contributed by atoms with E-state index in [1.807, 2.05) is 34.6 Å². The number of nitrogen functional groups attached to an aromatic ring is 1. The Morgan fingerprint density at radius 1 is 1.20 bits per heavy atom. The van der Waals surface area contributed by atoms with Gasteiger partial charge in [0, 0.05) is 11.2 Å². The van der Waals surface area contributed by atoms with E-state index in [1.54, 1.807) is 6.07 Å². The molecule has 1 aromatic carbocycles. The van der Waals surface area contributed by atoms with E-state index < -0.39 is 24.3 Å². The van der Waals surface area contributed by atoms with Crippen molar-refractivity contribution in [2.75, 3.05) is 5.73 Å². The molecule has 1 aliphatic rings. The van der Waals surface area contributed by atoms with Crippen LogP contribution in [0.25, 0.3) is 0 Å². The Labute approximate surface area is 119 Å². The van der Waals surface area contributed by atoms with Gasteiger partial charge in [0.15, 0.2) is 0 Å². The van der Waals surface area contributed by atoms with Crippen molar-refractivity contribution in [3.05, 3.63) is 23.3 Å². The van der Waals surface area contributed by atoms with Gasteiger partial charge < -0.3 is 20.1 Å². The number of carboxylic acids is 1. The second-order valence-corrected chi connectivity index (χ2v) is 6.15. The van der Waals surface area contributed by atoms with Gasteiger partial charge in [0.2, 0.25) is 0 Å². The molecule has 0 bridgehead atoms. The summed E-state index contributed by atoms with van der Waals surface area (Å²) in [5, 5.41) is 9.17. The summed E-state index contributed by atoms with van der Waals surface area (Å²) in [7, 11) is -0.653. The second-order valence-electron chi connectivity index (χ2n) is 6.15. The molecule has 0 spiro atoms. The Hall–Kier alpha value is -1.53. The molecule has 20 heavy (non-hydrogen) atoms. The van der Waals surface area contributed by atoms with Crippen LogP contribution >= 0.6 is 0 Å². The molecule has 5 nitrogen and oxygen atoms in total. The smallest absolute Gasteiger partial charge is 0.478 e. The van der Waals surface area contributed by atoms with Crippen molar-refractivity contribution in [2.24, 2.45) is 0 Å². The van der Waals surface area contributed by atoms with E-state index in [0.717, 1.165) is 5.56 Å². The molecule has 1 aliphatic heterocycles. The molecular weight excluding hydrogens is 257 g/mol. The van der Waals surface area contributed by atoms with Crippen molar-refractivity contribution >= 4 is 24.2 Å². The fourth-order valence-corrected chi connectivity index (χ4v) is 2.21. The van der Waals surface area contributed by atoms with E-state index in [4.69, 9.17) is 20.1 Å². The van der Waals surface area contributed by atoms with Crippen LogP contribution in [0, 0.1) is 6.92 Å². The predicted molar refractivity (Wildman–Crippen MR) is 78.3 cm³/mol. The van der Waals surface area contributed by atoms with Crippen LogP contribution in [0.4, 0.5) is 5.69 Å². The minimum Gasteiger partial charge on any atom is -0.478 e. The number of rotatable bonds is 2. The zero-order valence-electron chi connectivity index (χ0n) is 12.5. The lowest BCUT2D eigenvalue weighted by Crippen LogP contribution is -2.41. The molecule has 0 amide bonds. The highest BCUT2D eigenvalue weighted by Crippen LogP contribution is 2.37. The van der Waals surface area contributed by atoms with Gasteiger partial charge in [0.25, 0.3) is 0 Å². The molecule has 0 unspecified atom stereocenters. The van der Waals surface area contributed by atoms with Crippen LogP contribution in [-0.4, -0.2) is 29.4 Å². The van der Waals surface area contributed by atoms with Crippen molar-refractivity contribution in [2.45, 2.75) is 45.8 Å². The summed E-state index contributed by atoms with van der Waals surface area (Å²) in [5.74, 6) is -1.06. The Morgan fingerprint density at radius 3 is 2.15 bits per heavy atom. The standard InChI is InChI=1S/C14H20BNO4/c1-8-6-7-9(12(17)18)11(16)10(8)15-19-13(2,3)14(4,5)20-15/h6-7H,16H2,1-5H3,(H,17,18). The molecule has 1 fully saturated rings. The molecule has 1 heterocycles. The maximum atomic E-state index is 11.2. The topological polar surface area (TPSA) is 81.8 Å². The highest BCUT2D eigenvalue weighted by Gasteiger charge is 2.52. The summed E-state index contributed by atoms with van der Waals surface area (Å²) >= 11 is 0. The second kappa shape index (κ2) is 4.50. The van der Waals surface area contributed by atoms with E-state index in [1.165, 1.54) is 6.07 Å². The number of hydrogen-bond acceptors (Lipinski definition) is 4. The number of benzene rings is 1. The molecule has 0 saturated carbocycles. The van der Waals surface area contributed by atoms with Gasteiger partial charge >= 0.3 is 13.1 Å². The third-order valence-corrected chi connectivity index (χ3v) is 4.22. The first kappa shape index (κ1) is 14.9. The average Bonchev–Trinajstić information content (AvgIpc) is 2.47. The monoisotopic (exact) mass is 277 g/mol. The molecule has 6 heteroatoms. The van der Waals surface area contributed by atoms with Crippen LogP contribution in [0.15, 0.2) is 12.1 Å². The molecule has 0 atom stereocenters. The lowest BCUT2D eigenvalue weighted by atomic mass is 9.74. The molecule has 1 saturated heterocycles. The first-order chi connectivity index (χ1) is 9.07. The van der Waals surface area contributed by atoms with Gasteiger partial charge in [0.1, 0.15) is 0 Å². The molecule has 0 aromatic heterocycles. The van der Waals surface area contributed by atoms with E-state index in [9.17, 15) is 4.79 Å². The number of carboxylic acid groups (broad SMARTS) is 1. The number of nitrogens with two attached hydrogens (primary N) is 1. The summed E-state index contributed by atoms with van der Waals surface area (Å²) in [6.07, 6.45) is 0. The molecular formula is C14H20BNO4. The summed E-state index contributed by atoms with van der Waals surface area (Å²) in [6, 6.07) is 3.22. The largest absolute Gasteiger partial charge is 0.497 e. The Balaban J connectivity index is 2.50. The maximum Gasteiger partial charge on any atom is 0.497 e. The van der Waals surface area contributed by atoms with Crippen LogP contribution in [0.5, 0.6) is 0 Å². The number of anilines is 1. The number of hydrogen-bond donors (Lipinski definition) is 2. The molecule has 0 radical (unpaired) electrons. The van der Waals surface area contributed by atoms with Crippen molar-refractivity contribution in [1.29, 1.82) is 0 Å². The van der Waals surface area contributed by atoms with Gasteiger partial charge in [-0.05, 0) is 46.2 Å². The van der Waals surface area contributed by atoms with Gasteiger partial charge in [0.05, 0.1) is 16.8 Å². The average molecular weight is 277 g/mol. The zero-order valence-corrected chi connectivity index (χ0v) is 12.5. The van der Waals surface area contributed by atoms with E-state index in [0.29, 0.717) is 5.46 Å². The van der Waals surface area contributed by atoms with Gasteiger partial charge in [-0.1, -0.05) is 6.07 Å². The zero-order chi connectivity index (χ0) is 15.3. The first-order valence-corrected chi connectivity index (χ1v) is 6.55. The highest BCUT2D eigenvalue weighted by atomic mass is 16.7. The van der Waals surface area contributed by atoms with Gasteiger partial charge in [-0.2, -0.15) is 0 Å². The fourth-order valence-electron chi connectivity index (χ4n) is 2.21. The molecule has 108 valence electrons. The Kier molecular flexibility index (Phi) is 3.35. The number of aryl methyl sites for hydroxylation is 1. The molecule has 3 N–H and O–H groups in total. The minimum absolute atomic E-state index is 0.0697. The van der Waals surface area contributed by atoms with E-state index in [-0.39, 0.29) is 11.3 Å². The molecule has 1 aromatic rings. The van der Waals surface area contributed by atoms with Gasteiger partial charge in [-0.15, -0.1) is 0 Å². The van der Waals surface area contributed by atoms with Crippen LogP contribution in [0.1, 0.15) is 43.6 Å². The highest BCUT2D eigenvalue weighted by molar-refractivity contribution is 6.64. The Morgan fingerprint density at radius 2 is 1.70 bits per heavy atom. The SMILES string of the molecule is Cc1ccc(C(=O)O)c(N)c1B1OC(C)(C)C(C)(C)O1. The lowest BCUT2D eigenvalue weighted by Gasteiger charge is -2.32. The molecule has 0 aliphatic carbocycles. The first-order valence-electron chi connectivity index (χ1n) is 6.55. The summed E-state index contributed by atoms with van der Waals surface area (Å²) < 4.78 is 11.9. The van der Waals surface area contributed by atoms with Crippen molar-refractivity contribution in [1.82, 2.24) is 0 Å². The van der Waals surface area contributed by atoms with Crippen molar-refractivity contribution < 1.29 is 19.2 Å². The van der Waals surface area contributed by atoms with Crippen LogP contribution in [0.3, 0.4) is 0 Å². The van der Waals surface area contributed by atoms with Crippen molar-refractivity contribution in [3.8, 4) is 0 Å². The van der Waals surface area contributed by atoms with Gasteiger partial charge in [-0.25, -0.2) is 4.79 Å². The van der Waals surface area contributed by atoms with Gasteiger partial charge in [-0.3, -0.25) is 0 Å². The van der Waals surface area contributed by atoms with Crippen LogP contribution in [-0.2, 0) is 9.31 Å². The maximum absolute atomic E-state index is 11.2. The van der Waals surface area contributed by atoms with E-state index >= 15 is 0 Å². The van der Waals surface area contributed by atoms with Crippen LogP contribution in [0.2, 0.25) is 0 Å². The third-order valence-electron chi connectivity index (χ3n) is 4.22. The quantitative estimate of drug-likeness (QED) is 0.633. The minimum atomic E-state index is -1.06. The summed E-state index contributed by atoms with van der Waals surface area (Å²) in [5.41, 5.74) is 6.75. The van der Waals surface area contributed by atoms with E-state index in [2.05, 4.69) is 0 Å².